The first-order valence-electron chi connectivity index (χ1n) is 10.1. The lowest BCUT2D eigenvalue weighted by Gasteiger charge is -2.32. The van der Waals surface area contributed by atoms with Crippen molar-refractivity contribution in [2.45, 2.75) is 37.8 Å². The molecule has 31 heavy (non-hydrogen) atoms. The summed E-state index contributed by atoms with van der Waals surface area (Å²) in [5.74, 6) is -0.427. The summed E-state index contributed by atoms with van der Waals surface area (Å²) in [6.45, 7) is 4.81. The second-order valence-corrected chi connectivity index (χ2v) is 9.24. The van der Waals surface area contributed by atoms with E-state index in [2.05, 4.69) is 15.1 Å². The minimum Gasteiger partial charge on any atom is -0.369 e. The lowest BCUT2D eigenvalue weighted by atomic mass is 10.1. The highest BCUT2D eigenvalue weighted by atomic mass is 32.2. The monoisotopic (exact) mass is 445 g/mol. The number of rotatable bonds is 6. The molecule has 1 aliphatic heterocycles. The Kier molecular flexibility index (Phi) is 6.12. The Hall–Kier alpha value is -2.69. The van der Waals surface area contributed by atoms with Crippen molar-refractivity contribution in [2.75, 3.05) is 19.7 Å². The molecule has 2 aromatic heterocycles. The van der Waals surface area contributed by atoms with Gasteiger partial charge in [0.25, 0.3) is 0 Å². The summed E-state index contributed by atoms with van der Waals surface area (Å²) in [4.78, 5) is 8.86. The van der Waals surface area contributed by atoms with Gasteiger partial charge in [0, 0.05) is 43.8 Å². The van der Waals surface area contributed by atoms with E-state index in [0.29, 0.717) is 29.2 Å². The molecule has 3 heterocycles. The third-order valence-corrected chi connectivity index (χ3v) is 7.13. The van der Waals surface area contributed by atoms with Crippen LogP contribution in [0.15, 0.2) is 47.8 Å². The Morgan fingerprint density at radius 2 is 2.00 bits per heavy atom. The zero-order valence-electron chi connectivity index (χ0n) is 17.4. The molecule has 0 spiro atoms. The predicted molar refractivity (Wildman–Crippen MR) is 112 cm³/mol. The highest BCUT2D eigenvalue weighted by Gasteiger charge is 2.35. The van der Waals surface area contributed by atoms with Gasteiger partial charge in [-0.2, -0.15) is 9.40 Å². The van der Waals surface area contributed by atoms with Gasteiger partial charge in [-0.3, -0.25) is 14.6 Å². The van der Waals surface area contributed by atoms with Crippen LogP contribution in [0.2, 0.25) is 0 Å². The lowest BCUT2D eigenvalue weighted by Crippen LogP contribution is -2.42. The molecule has 0 amide bonds. The molecule has 0 aliphatic carbocycles. The first-order chi connectivity index (χ1) is 14.9. The molecule has 1 aliphatic rings. The second kappa shape index (κ2) is 8.81. The molecular formula is C21H24FN5O3S. The first kappa shape index (κ1) is 21.5. The van der Waals surface area contributed by atoms with Gasteiger partial charge in [-0.1, -0.05) is 19.1 Å². The molecule has 0 radical (unpaired) electrons. The summed E-state index contributed by atoms with van der Waals surface area (Å²) in [5.41, 5.74) is 1.51. The average Bonchev–Trinajstić information content (AvgIpc) is 3.15. The minimum absolute atomic E-state index is 0.0564. The number of hydrogen-bond donors (Lipinski definition) is 0. The Balaban J connectivity index is 1.65. The second-order valence-electron chi connectivity index (χ2n) is 7.33. The molecule has 0 saturated carbocycles. The maximum absolute atomic E-state index is 14.4. The molecule has 164 valence electrons. The van der Waals surface area contributed by atoms with Crippen LogP contribution in [0.25, 0.3) is 11.3 Å². The van der Waals surface area contributed by atoms with E-state index in [1.54, 1.807) is 36.0 Å². The molecule has 1 atom stereocenters. The van der Waals surface area contributed by atoms with Crippen molar-refractivity contribution in [3.05, 3.63) is 60.1 Å². The van der Waals surface area contributed by atoms with Crippen molar-refractivity contribution in [2.24, 2.45) is 0 Å². The Bertz CT molecular complexity index is 1180. The summed E-state index contributed by atoms with van der Waals surface area (Å²) >= 11 is 0. The lowest BCUT2D eigenvalue weighted by molar-refractivity contribution is -0.00479. The van der Waals surface area contributed by atoms with E-state index in [0.717, 1.165) is 6.42 Å². The number of aryl methyl sites for hydroxylation is 2. The highest BCUT2D eigenvalue weighted by Crippen LogP contribution is 2.32. The van der Waals surface area contributed by atoms with Gasteiger partial charge in [0.05, 0.1) is 23.7 Å². The van der Waals surface area contributed by atoms with E-state index in [1.165, 1.54) is 22.8 Å². The third kappa shape index (κ3) is 4.23. The van der Waals surface area contributed by atoms with Gasteiger partial charge in [-0.25, -0.2) is 12.8 Å². The van der Waals surface area contributed by atoms with Gasteiger partial charge in [0.15, 0.2) is 0 Å². The van der Waals surface area contributed by atoms with E-state index < -0.39 is 21.9 Å². The van der Waals surface area contributed by atoms with Crippen molar-refractivity contribution in [1.82, 2.24) is 24.1 Å². The number of aromatic nitrogens is 4. The molecule has 8 nitrogen and oxygen atoms in total. The first-order valence-corrected chi connectivity index (χ1v) is 11.6. The fourth-order valence-corrected chi connectivity index (χ4v) is 5.28. The number of ether oxygens (including phenoxy) is 1. The van der Waals surface area contributed by atoms with Gasteiger partial charge < -0.3 is 4.74 Å². The number of halogens is 1. The van der Waals surface area contributed by atoms with Crippen LogP contribution in [0.4, 0.5) is 4.39 Å². The van der Waals surface area contributed by atoms with Crippen molar-refractivity contribution in [1.29, 1.82) is 0 Å². The van der Waals surface area contributed by atoms with Crippen molar-refractivity contribution < 1.29 is 17.5 Å². The van der Waals surface area contributed by atoms with Crippen LogP contribution in [-0.4, -0.2) is 52.2 Å². The SMILES string of the molecule is CCCn1cc(S(=O)(=O)N2CCO[C@H](c3nccnc3-c3ccccc3F)C2)c(C)n1. The number of benzene rings is 1. The smallest absolute Gasteiger partial charge is 0.246 e. The summed E-state index contributed by atoms with van der Waals surface area (Å²) in [6, 6.07) is 6.28. The van der Waals surface area contributed by atoms with Gasteiger partial charge in [0.1, 0.15) is 16.8 Å². The maximum atomic E-state index is 14.4. The zero-order valence-corrected chi connectivity index (χ0v) is 18.2. The third-order valence-electron chi connectivity index (χ3n) is 5.16. The molecule has 0 bridgehead atoms. The molecule has 4 rings (SSSR count). The molecule has 1 aromatic carbocycles. The fraction of sp³-hybridized carbons (Fsp3) is 0.381. The van der Waals surface area contributed by atoms with Crippen LogP contribution < -0.4 is 0 Å². The van der Waals surface area contributed by atoms with E-state index in [9.17, 15) is 12.8 Å². The van der Waals surface area contributed by atoms with Crippen molar-refractivity contribution in [3.8, 4) is 11.3 Å². The Labute approximate surface area is 180 Å². The number of hydrogen-bond acceptors (Lipinski definition) is 6. The van der Waals surface area contributed by atoms with Gasteiger partial charge in [-0.05, 0) is 25.5 Å². The van der Waals surface area contributed by atoms with Crippen molar-refractivity contribution >= 4 is 10.0 Å². The van der Waals surface area contributed by atoms with E-state index in [-0.39, 0.29) is 24.6 Å². The summed E-state index contributed by atoms with van der Waals surface area (Å²) in [5, 5.41) is 4.32. The molecule has 0 unspecified atom stereocenters. The molecule has 3 aromatic rings. The maximum Gasteiger partial charge on any atom is 0.246 e. The average molecular weight is 446 g/mol. The fourth-order valence-electron chi connectivity index (χ4n) is 3.69. The highest BCUT2D eigenvalue weighted by molar-refractivity contribution is 7.89. The van der Waals surface area contributed by atoms with E-state index in [1.807, 2.05) is 6.92 Å². The molecule has 0 N–H and O–H groups in total. The zero-order chi connectivity index (χ0) is 22.0. The molecule has 1 saturated heterocycles. The van der Waals surface area contributed by atoms with Gasteiger partial charge >= 0.3 is 0 Å². The quantitative estimate of drug-likeness (QED) is 0.580. The molecule has 10 heteroatoms. The van der Waals surface area contributed by atoms with Gasteiger partial charge in [0.2, 0.25) is 10.0 Å². The van der Waals surface area contributed by atoms with E-state index >= 15 is 0 Å². The van der Waals surface area contributed by atoms with Crippen LogP contribution >= 0.6 is 0 Å². The Morgan fingerprint density at radius 3 is 2.77 bits per heavy atom. The number of morpholine rings is 1. The van der Waals surface area contributed by atoms with E-state index in [4.69, 9.17) is 4.74 Å². The molecule has 1 fully saturated rings. The minimum atomic E-state index is -3.77. The summed E-state index contributed by atoms with van der Waals surface area (Å²) in [6.07, 6.45) is 4.74. The van der Waals surface area contributed by atoms with Crippen LogP contribution in [0, 0.1) is 12.7 Å². The van der Waals surface area contributed by atoms with Crippen LogP contribution in [0.5, 0.6) is 0 Å². The van der Waals surface area contributed by atoms with Crippen LogP contribution in [0.3, 0.4) is 0 Å². The summed E-state index contributed by atoms with van der Waals surface area (Å²) in [7, 11) is -3.77. The standard InChI is InChI=1S/C21H24FN5O3S/c1-3-10-26-14-19(15(2)25-26)31(28,29)27-11-12-30-18(13-27)21-20(23-8-9-24-21)16-6-4-5-7-17(16)22/h4-9,14,18H,3,10-13H2,1-2H3/t18-/m0/s1. The predicted octanol–water partition coefficient (Wildman–Crippen LogP) is 2.96. The normalized spacial score (nSPS) is 17.7. The Morgan fingerprint density at radius 1 is 1.23 bits per heavy atom. The van der Waals surface area contributed by atoms with Crippen LogP contribution in [-0.2, 0) is 21.3 Å². The van der Waals surface area contributed by atoms with Crippen molar-refractivity contribution in [3.63, 3.8) is 0 Å². The number of nitrogens with zero attached hydrogens (tertiary/aromatic N) is 5. The summed E-state index contributed by atoms with van der Waals surface area (Å²) < 4.78 is 49.9. The topological polar surface area (TPSA) is 90.2 Å². The molecular weight excluding hydrogens is 421 g/mol. The largest absolute Gasteiger partial charge is 0.369 e. The van der Waals surface area contributed by atoms with Crippen LogP contribution in [0.1, 0.15) is 30.8 Å². The number of sulfonamides is 1. The van der Waals surface area contributed by atoms with Gasteiger partial charge in [-0.15, -0.1) is 0 Å².